The van der Waals surface area contributed by atoms with Crippen molar-refractivity contribution in [2.75, 3.05) is 13.3 Å². The highest BCUT2D eigenvalue weighted by molar-refractivity contribution is 6.30. The van der Waals surface area contributed by atoms with Crippen molar-refractivity contribution in [3.8, 4) is 17.2 Å². The van der Waals surface area contributed by atoms with Crippen molar-refractivity contribution >= 4 is 11.6 Å². The molecule has 29 heavy (non-hydrogen) atoms. The van der Waals surface area contributed by atoms with E-state index in [1.54, 1.807) is 0 Å². The number of hydrogen-bond donors (Lipinski definition) is 0. The first-order valence-corrected chi connectivity index (χ1v) is 9.91. The summed E-state index contributed by atoms with van der Waals surface area (Å²) in [5, 5.41) is 14.6. The van der Waals surface area contributed by atoms with Crippen molar-refractivity contribution in [1.82, 2.24) is 0 Å². The van der Waals surface area contributed by atoms with Crippen LogP contribution in [0.2, 0.25) is 5.02 Å². The molecule has 0 N–H and O–H groups in total. The monoisotopic (exact) mass is 409 g/mol. The van der Waals surface area contributed by atoms with E-state index in [1.165, 1.54) is 0 Å². The molecule has 0 saturated carbocycles. The Morgan fingerprint density at radius 1 is 0.931 bits per heavy atom. The molecule has 0 radical (unpaired) electrons. The number of halogens is 1. The van der Waals surface area contributed by atoms with E-state index in [-0.39, 0.29) is 12.9 Å². The highest BCUT2D eigenvalue weighted by atomic mass is 35.5. The van der Waals surface area contributed by atoms with Crippen LogP contribution in [0.15, 0.2) is 66.7 Å². The van der Waals surface area contributed by atoms with Crippen molar-refractivity contribution in [3.63, 3.8) is 0 Å². The molecule has 0 spiro atoms. The maximum Gasteiger partial charge on any atom is 0.231 e. The number of para-hydroxylation sites is 1. The molecule has 0 aliphatic carbocycles. The zero-order chi connectivity index (χ0) is 19.8. The van der Waals surface area contributed by atoms with E-state index in [0.29, 0.717) is 30.4 Å². The van der Waals surface area contributed by atoms with Crippen LogP contribution in [0.25, 0.3) is 0 Å². The van der Waals surface area contributed by atoms with Crippen LogP contribution in [-0.2, 0) is 13.1 Å². The third kappa shape index (κ3) is 3.77. The predicted molar refractivity (Wildman–Crippen MR) is 110 cm³/mol. The van der Waals surface area contributed by atoms with Crippen LogP contribution in [0.1, 0.15) is 22.8 Å². The lowest BCUT2D eigenvalue weighted by Gasteiger charge is -2.43. The minimum Gasteiger partial charge on any atom is -0.632 e. The second-order valence-corrected chi connectivity index (χ2v) is 7.95. The van der Waals surface area contributed by atoms with Gasteiger partial charge in [-0.2, -0.15) is 0 Å². The number of ether oxygens (including phenoxy) is 3. The summed E-state index contributed by atoms with van der Waals surface area (Å²) in [5.41, 5.74) is 2.77. The lowest BCUT2D eigenvalue weighted by Crippen LogP contribution is -2.43. The van der Waals surface area contributed by atoms with Gasteiger partial charge in [-0.1, -0.05) is 35.9 Å². The molecule has 3 aromatic rings. The Labute approximate surface area is 174 Å². The third-order valence-electron chi connectivity index (χ3n) is 5.35. The minimum absolute atomic E-state index is 0.218. The highest BCUT2D eigenvalue weighted by Gasteiger charge is 2.32. The standard InChI is InChI=1S/C23H20ClNO4/c24-19-8-6-17(7-9-19)23-14-25(26,13-18-3-1-2-4-20(18)29-23)12-16-5-10-21-22(11-16)28-15-27-21/h1-11,23H,12-15H2. The number of quaternary nitrogens is 1. The molecule has 2 aliphatic rings. The first-order valence-electron chi connectivity index (χ1n) is 9.54. The molecule has 3 aromatic carbocycles. The van der Waals surface area contributed by atoms with E-state index in [1.807, 2.05) is 66.7 Å². The molecule has 2 heterocycles. The summed E-state index contributed by atoms with van der Waals surface area (Å²) in [6, 6.07) is 21.0. The third-order valence-corrected chi connectivity index (χ3v) is 5.60. The van der Waals surface area contributed by atoms with Gasteiger partial charge in [0.05, 0.1) is 0 Å². The first-order chi connectivity index (χ1) is 14.1. The maximum absolute atomic E-state index is 14.0. The number of hydrogen-bond acceptors (Lipinski definition) is 4. The summed E-state index contributed by atoms with van der Waals surface area (Å²) in [7, 11) is 0. The molecule has 2 aliphatic heterocycles. The normalized spacial score (nSPS) is 22.5. The Morgan fingerprint density at radius 3 is 2.59 bits per heavy atom. The number of benzene rings is 3. The van der Waals surface area contributed by atoms with E-state index >= 15 is 0 Å². The molecule has 5 rings (SSSR count). The lowest BCUT2D eigenvalue weighted by atomic mass is 10.1. The van der Waals surface area contributed by atoms with E-state index in [9.17, 15) is 5.21 Å². The van der Waals surface area contributed by atoms with E-state index in [0.717, 1.165) is 28.2 Å². The molecule has 0 amide bonds. The molecular weight excluding hydrogens is 390 g/mol. The molecule has 2 unspecified atom stereocenters. The summed E-state index contributed by atoms with van der Waals surface area (Å²) >= 11 is 6.05. The average Bonchev–Trinajstić information content (AvgIpc) is 3.11. The van der Waals surface area contributed by atoms with Gasteiger partial charge in [0.2, 0.25) is 6.79 Å². The summed E-state index contributed by atoms with van der Waals surface area (Å²) in [6.45, 7) is 1.17. The van der Waals surface area contributed by atoms with Gasteiger partial charge in [0.25, 0.3) is 0 Å². The average molecular weight is 410 g/mol. The summed E-state index contributed by atoms with van der Waals surface area (Å²) < 4.78 is 16.7. The Balaban J connectivity index is 1.49. The van der Waals surface area contributed by atoms with Gasteiger partial charge in [0, 0.05) is 16.1 Å². The summed E-state index contributed by atoms with van der Waals surface area (Å²) in [6.07, 6.45) is -0.359. The van der Waals surface area contributed by atoms with Gasteiger partial charge in [-0.25, -0.2) is 0 Å². The van der Waals surface area contributed by atoms with Gasteiger partial charge in [-0.05, 0) is 48.0 Å². The molecule has 148 valence electrons. The van der Waals surface area contributed by atoms with Gasteiger partial charge in [0.1, 0.15) is 25.4 Å². The molecule has 5 nitrogen and oxygen atoms in total. The number of hydroxylamine groups is 3. The largest absolute Gasteiger partial charge is 0.632 e. The van der Waals surface area contributed by atoms with Crippen LogP contribution in [0, 0.1) is 5.21 Å². The quantitative estimate of drug-likeness (QED) is 0.439. The van der Waals surface area contributed by atoms with Gasteiger partial charge in [-0.15, -0.1) is 0 Å². The second kappa shape index (κ2) is 7.26. The zero-order valence-corrected chi connectivity index (χ0v) is 16.5. The fourth-order valence-electron chi connectivity index (χ4n) is 3.96. The Hall–Kier alpha value is -2.73. The van der Waals surface area contributed by atoms with Gasteiger partial charge >= 0.3 is 0 Å². The van der Waals surface area contributed by atoms with Crippen molar-refractivity contribution < 1.29 is 18.9 Å². The Kier molecular flexibility index (Phi) is 4.59. The number of nitrogens with zero attached hydrogens (tertiary/aromatic N) is 1. The van der Waals surface area contributed by atoms with E-state index < -0.39 is 4.65 Å². The molecule has 0 aromatic heterocycles. The van der Waals surface area contributed by atoms with Gasteiger partial charge < -0.3 is 24.1 Å². The Bertz CT molecular complexity index is 1040. The predicted octanol–water partition coefficient (Wildman–Crippen LogP) is 5.22. The first kappa shape index (κ1) is 18.3. The van der Waals surface area contributed by atoms with Crippen LogP contribution in [-0.4, -0.2) is 18.0 Å². The van der Waals surface area contributed by atoms with Crippen LogP contribution >= 0.6 is 11.6 Å². The van der Waals surface area contributed by atoms with Gasteiger partial charge in [-0.3, -0.25) is 0 Å². The molecule has 6 heteroatoms. The van der Waals surface area contributed by atoms with Crippen molar-refractivity contribution in [3.05, 3.63) is 93.7 Å². The smallest absolute Gasteiger partial charge is 0.231 e. The van der Waals surface area contributed by atoms with E-state index in [4.69, 9.17) is 25.8 Å². The highest BCUT2D eigenvalue weighted by Crippen LogP contribution is 2.37. The number of fused-ring (bicyclic) bond motifs is 2. The van der Waals surface area contributed by atoms with Crippen molar-refractivity contribution in [2.45, 2.75) is 19.2 Å². The molecule has 2 atom stereocenters. The molecule has 0 saturated heterocycles. The second-order valence-electron chi connectivity index (χ2n) is 7.51. The zero-order valence-electron chi connectivity index (χ0n) is 15.7. The van der Waals surface area contributed by atoms with Crippen LogP contribution in [0.4, 0.5) is 0 Å². The maximum atomic E-state index is 14.0. The Morgan fingerprint density at radius 2 is 1.72 bits per heavy atom. The van der Waals surface area contributed by atoms with Crippen LogP contribution in [0.3, 0.4) is 0 Å². The SMILES string of the molecule is [O-][N+]1(Cc2ccc3c(c2)OCO3)Cc2ccccc2OC(c2ccc(Cl)cc2)C1. The minimum atomic E-state index is -0.427. The molecule has 0 bridgehead atoms. The molecular formula is C23H20ClNO4. The van der Waals surface area contributed by atoms with Gasteiger partial charge in [0.15, 0.2) is 17.6 Å². The van der Waals surface area contributed by atoms with Crippen molar-refractivity contribution in [1.29, 1.82) is 0 Å². The number of rotatable bonds is 3. The topological polar surface area (TPSA) is 50.8 Å². The molecule has 0 fully saturated rings. The fraction of sp³-hybridized carbons (Fsp3) is 0.217. The van der Waals surface area contributed by atoms with Crippen LogP contribution in [0.5, 0.6) is 17.2 Å². The van der Waals surface area contributed by atoms with Crippen molar-refractivity contribution in [2.24, 2.45) is 0 Å². The lowest BCUT2D eigenvalue weighted by molar-refractivity contribution is -0.909. The summed E-state index contributed by atoms with van der Waals surface area (Å²) in [4.78, 5) is 0. The fourth-order valence-corrected chi connectivity index (χ4v) is 4.09. The van der Waals surface area contributed by atoms with E-state index in [2.05, 4.69) is 0 Å². The summed E-state index contributed by atoms with van der Waals surface area (Å²) in [5.74, 6) is 2.17. The van der Waals surface area contributed by atoms with Crippen LogP contribution < -0.4 is 14.2 Å².